The van der Waals surface area contributed by atoms with Crippen molar-refractivity contribution < 1.29 is 14.7 Å². The Kier molecular flexibility index (Phi) is 3.12. The van der Waals surface area contributed by atoms with E-state index in [4.69, 9.17) is 5.11 Å². The Labute approximate surface area is 113 Å². The molecule has 0 radical (unpaired) electrons. The van der Waals surface area contributed by atoms with Crippen LogP contribution in [0.25, 0.3) is 0 Å². The molecule has 2 unspecified atom stereocenters. The Bertz CT molecular complexity index is 519. The maximum atomic E-state index is 12.4. The van der Waals surface area contributed by atoms with Gasteiger partial charge in [-0.25, -0.2) is 0 Å². The smallest absolute Gasteiger partial charge is 0.307 e. The van der Waals surface area contributed by atoms with E-state index in [1.54, 1.807) is 11.9 Å². The maximum absolute atomic E-state index is 12.4. The molecule has 1 N–H and O–H groups in total. The average Bonchev–Trinajstić information content (AvgIpc) is 2.91. The third kappa shape index (κ3) is 2.23. The molecule has 0 bridgehead atoms. The van der Waals surface area contributed by atoms with Crippen LogP contribution in [0.4, 0.5) is 5.69 Å². The van der Waals surface area contributed by atoms with Crippen molar-refractivity contribution in [3.8, 4) is 0 Å². The Morgan fingerprint density at radius 1 is 1.16 bits per heavy atom. The number of nitrogens with zero attached hydrogens (tertiary/aromatic N) is 1. The second kappa shape index (κ2) is 4.37. The van der Waals surface area contributed by atoms with Crippen LogP contribution >= 0.6 is 0 Å². The molecule has 1 aromatic rings. The van der Waals surface area contributed by atoms with Crippen LogP contribution in [0.15, 0.2) is 24.3 Å². The van der Waals surface area contributed by atoms with Gasteiger partial charge in [-0.15, -0.1) is 0 Å². The van der Waals surface area contributed by atoms with E-state index in [0.29, 0.717) is 0 Å². The first kappa shape index (κ1) is 13.6. The lowest BCUT2D eigenvalue weighted by atomic mass is 10.1. The van der Waals surface area contributed by atoms with Gasteiger partial charge in [0.05, 0.1) is 11.8 Å². The van der Waals surface area contributed by atoms with Crippen molar-refractivity contribution in [3.05, 3.63) is 29.8 Å². The monoisotopic (exact) mass is 261 g/mol. The molecule has 102 valence electrons. The molecular formula is C15H19NO3. The van der Waals surface area contributed by atoms with Crippen LogP contribution in [-0.4, -0.2) is 24.0 Å². The number of carboxylic acid groups (broad SMARTS) is 1. The highest BCUT2D eigenvalue weighted by atomic mass is 16.4. The first-order valence-electron chi connectivity index (χ1n) is 6.34. The topological polar surface area (TPSA) is 57.6 Å². The molecule has 0 saturated heterocycles. The fraction of sp³-hybridized carbons (Fsp3) is 0.467. The van der Waals surface area contributed by atoms with E-state index in [-0.39, 0.29) is 5.91 Å². The first-order chi connectivity index (χ1) is 8.76. The summed E-state index contributed by atoms with van der Waals surface area (Å²) in [6.07, 6.45) is 0. The number of carboxylic acids is 1. The van der Waals surface area contributed by atoms with E-state index in [0.717, 1.165) is 11.3 Å². The number of rotatable bonds is 3. The number of aliphatic carboxylic acids is 1. The Balaban J connectivity index is 2.17. The van der Waals surface area contributed by atoms with Crippen LogP contribution < -0.4 is 4.90 Å². The Morgan fingerprint density at radius 3 is 2.11 bits per heavy atom. The quantitative estimate of drug-likeness (QED) is 0.908. The minimum Gasteiger partial charge on any atom is -0.481 e. The lowest BCUT2D eigenvalue weighted by Gasteiger charge is -2.18. The molecule has 1 aromatic carbocycles. The van der Waals surface area contributed by atoms with Crippen LogP contribution in [0, 0.1) is 24.2 Å². The predicted octanol–water partition coefficient (Wildman–Crippen LogP) is 2.31. The molecule has 4 nitrogen and oxygen atoms in total. The van der Waals surface area contributed by atoms with Gasteiger partial charge >= 0.3 is 5.97 Å². The zero-order valence-electron chi connectivity index (χ0n) is 11.7. The van der Waals surface area contributed by atoms with Gasteiger partial charge in [0.1, 0.15) is 0 Å². The largest absolute Gasteiger partial charge is 0.481 e. The van der Waals surface area contributed by atoms with Crippen LogP contribution in [-0.2, 0) is 9.59 Å². The van der Waals surface area contributed by atoms with E-state index in [9.17, 15) is 9.59 Å². The average molecular weight is 261 g/mol. The minimum absolute atomic E-state index is 0.124. The van der Waals surface area contributed by atoms with Crippen molar-refractivity contribution in [2.75, 3.05) is 11.9 Å². The number of benzene rings is 1. The van der Waals surface area contributed by atoms with Gasteiger partial charge < -0.3 is 10.0 Å². The van der Waals surface area contributed by atoms with E-state index in [1.165, 1.54) is 0 Å². The Morgan fingerprint density at radius 2 is 1.68 bits per heavy atom. The molecule has 1 aliphatic rings. The molecule has 1 fully saturated rings. The van der Waals surface area contributed by atoms with Crippen molar-refractivity contribution in [2.45, 2.75) is 20.8 Å². The normalized spacial score (nSPS) is 23.8. The summed E-state index contributed by atoms with van der Waals surface area (Å²) < 4.78 is 0. The molecule has 19 heavy (non-hydrogen) atoms. The molecule has 0 aliphatic heterocycles. The fourth-order valence-electron chi connectivity index (χ4n) is 2.66. The lowest BCUT2D eigenvalue weighted by molar-refractivity contribution is -0.140. The predicted molar refractivity (Wildman–Crippen MR) is 73.0 cm³/mol. The van der Waals surface area contributed by atoms with Gasteiger partial charge in [0, 0.05) is 12.7 Å². The van der Waals surface area contributed by atoms with Gasteiger partial charge in [0.2, 0.25) is 5.91 Å². The van der Waals surface area contributed by atoms with Crippen molar-refractivity contribution in [1.29, 1.82) is 0 Å². The third-order valence-corrected chi connectivity index (χ3v) is 4.11. The van der Waals surface area contributed by atoms with Gasteiger partial charge in [-0.05, 0) is 24.5 Å². The molecule has 1 saturated carbocycles. The molecule has 0 heterocycles. The first-order valence-corrected chi connectivity index (χ1v) is 6.34. The lowest BCUT2D eigenvalue weighted by Crippen LogP contribution is -2.29. The highest BCUT2D eigenvalue weighted by molar-refractivity contribution is 6.01. The molecule has 2 rings (SSSR count). The molecule has 0 spiro atoms. The van der Waals surface area contributed by atoms with E-state index >= 15 is 0 Å². The summed E-state index contributed by atoms with van der Waals surface area (Å²) in [5.74, 6) is -2.02. The number of amides is 1. The summed E-state index contributed by atoms with van der Waals surface area (Å²) in [5, 5.41) is 9.13. The summed E-state index contributed by atoms with van der Waals surface area (Å²) in [6, 6.07) is 7.62. The maximum Gasteiger partial charge on any atom is 0.307 e. The number of hydrogen-bond acceptors (Lipinski definition) is 2. The van der Waals surface area contributed by atoms with Crippen molar-refractivity contribution in [1.82, 2.24) is 0 Å². The van der Waals surface area contributed by atoms with Crippen LogP contribution in [0.5, 0.6) is 0 Å². The molecule has 2 atom stereocenters. The summed E-state index contributed by atoms with van der Waals surface area (Å²) in [5.41, 5.74) is 1.46. The highest BCUT2D eigenvalue weighted by Crippen LogP contribution is 2.59. The zero-order chi connectivity index (χ0) is 14.4. The van der Waals surface area contributed by atoms with Crippen molar-refractivity contribution in [3.63, 3.8) is 0 Å². The van der Waals surface area contributed by atoms with Crippen molar-refractivity contribution in [2.24, 2.45) is 17.3 Å². The van der Waals surface area contributed by atoms with Crippen LogP contribution in [0.2, 0.25) is 0 Å². The number of carbonyl (C=O) groups excluding carboxylic acids is 1. The van der Waals surface area contributed by atoms with Crippen LogP contribution in [0.1, 0.15) is 19.4 Å². The minimum atomic E-state index is -0.888. The van der Waals surface area contributed by atoms with Crippen molar-refractivity contribution >= 4 is 17.6 Å². The van der Waals surface area contributed by atoms with E-state index in [2.05, 4.69) is 0 Å². The summed E-state index contributed by atoms with van der Waals surface area (Å²) >= 11 is 0. The zero-order valence-corrected chi connectivity index (χ0v) is 11.7. The standard InChI is InChI=1S/C15H19NO3/c1-9-5-7-10(8-6-9)16(4)13(17)11-12(14(18)19)15(11,2)3/h5-8,11-12H,1-4H3,(H,18,19). The number of anilines is 1. The van der Waals surface area contributed by atoms with E-state index in [1.807, 2.05) is 45.0 Å². The van der Waals surface area contributed by atoms with Crippen LogP contribution in [0.3, 0.4) is 0 Å². The number of carbonyl (C=O) groups is 2. The van der Waals surface area contributed by atoms with Gasteiger partial charge in [0.15, 0.2) is 0 Å². The Hall–Kier alpha value is -1.84. The molecular weight excluding hydrogens is 242 g/mol. The second-order valence-corrected chi connectivity index (χ2v) is 5.85. The summed E-state index contributed by atoms with van der Waals surface area (Å²) in [4.78, 5) is 25.1. The SMILES string of the molecule is Cc1ccc(N(C)C(=O)C2C(C(=O)O)C2(C)C)cc1. The second-order valence-electron chi connectivity index (χ2n) is 5.85. The van der Waals surface area contributed by atoms with Gasteiger partial charge in [-0.3, -0.25) is 9.59 Å². The summed E-state index contributed by atoms with van der Waals surface area (Å²) in [7, 11) is 1.69. The molecule has 1 amide bonds. The molecule has 0 aromatic heterocycles. The van der Waals surface area contributed by atoms with Gasteiger partial charge in [-0.2, -0.15) is 0 Å². The number of hydrogen-bond donors (Lipinski definition) is 1. The highest BCUT2D eigenvalue weighted by Gasteiger charge is 2.66. The molecule has 4 heteroatoms. The number of aryl methyl sites for hydroxylation is 1. The van der Waals surface area contributed by atoms with Gasteiger partial charge in [-0.1, -0.05) is 31.5 Å². The molecule has 1 aliphatic carbocycles. The fourth-order valence-corrected chi connectivity index (χ4v) is 2.66. The van der Waals surface area contributed by atoms with Gasteiger partial charge in [0.25, 0.3) is 0 Å². The van der Waals surface area contributed by atoms with E-state index < -0.39 is 23.2 Å². The summed E-state index contributed by atoms with van der Waals surface area (Å²) in [6.45, 7) is 5.64. The third-order valence-electron chi connectivity index (χ3n) is 4.11.